The molecular weight excluding hydrogens is 412 g/mol. The maximum absolute atomic E-state index is 14.6. The van der Waals surface area contributed by atoms with Gasteiger partial charge in [-0.25, -0.2) is 32.5 Å². The number of aryl methyl sites for hydroxylation is 1. The topological polar surface area (TPSA) is 80.0 Å². The Kier molecular flexibility index (Phi) is 5.65. The van der Waals surface area contributed by atoms with E-state index in [0.29, 0.717) is 34.9 Å². The number of nitrogens with zero attached hydrogens (tertiary/aromatic N) is 4. The van der Waals surface area contributed by atoms with Crippen LogP contribution in [0.25, 0.3) is 10.9 Å². The van der Waals surface area contributed by atoms with Crippen LogP contribution >= 0.6 is 0 Å². The number of fused-ring (bicyclic) bond motifs is 1. The molecule has 0 saturated carbocycles. The average Bonchev–Trinajstić information content (AvgIpc) is 3.06. The van der Waals surface area contributed by atoms with Crippen molar-refractivity contribution in [3.63, 3.8) is 0 Å². The molecule has 2 aromatic heterocycles. The molecule has 1 saturated heterocycles. The zero-order valence-corrected chi connectivity index (χ0v) is 17.0. The first kappa shape index (κ1) is 21.2. The first-order valence-corrected chi connectivity index (χ1v) is 9.86. The molecule has 3 heterocycles. The molecule has 10 heteroatoms. The van der Waals surface area contributed by atoms with Gasteiger partial charge in [0.15, 0.2) is 0 Å². The minimum Gasteiger partial charge on any atom is -0.363 e. The number of nitrogens with one attached hydrogen (secondary N) is 1. The standard InChI is InChI=1S/C21H22F4N6/c1-10(12-4-3-5-13(19(12)23)20(24)25)28-21-14-6-18(31-8-15(22)16(26)9-31)27-7-17(14)29-11(2)30-21/h3-7,10,15-16,20H,8-9,26H2,1-2H3,(H,28,29,30)/t10-,15+,16+/m1/s1. The van der Waals surface area contributed by atoms with Crippen LogP contribution in [0.5, 0.6) is 0 Å². The Balaban J connectivity index is 1.70. The number of nitrogens with two attached hydrogens (primary N) is 1. The number of alkyl halides is 3. The van der Waals surface area contributed by atoms with E-state index in [1.807, 2.05) is 0 Å². The maximum atomic E-state index is 14.6. The summed E-state index contributed by atoms with van der Waals surface area (Å²) in [5.41, 5.74) is 5.78. The van der Waals surface area contributed by atoms with E-state index >= 15 is 0 Å². The fourth-order valence-electron chi connectivity index (χ4n) is 3.75. The molecule has 31 heavy (non-hydrogen) atoms. The number of benzene rings is 1. The molecule has 0 bridgehead atoms. The predicted molar refractivity (Wildman–Crippen MR) is 111 cm³/mol. The van der Waals surface area contributed by atoms with Crippen molar-refractivity contribution < 1.29 is 17.6 Å². The van der Waals surface area contributed by atoms with E-state index in [9.17, 15) is 17.6 Å². The normalized spacial score (nSPS) is 19.9. The molecule has 164 valence electrons. The molecule has 1 aliphatic heterocycles. The summed E-state index contributed by atoms with van der Waals surface area (Å²) >= 11 is 0. The van der Waals surface area contributed by atoms with Crippen molar-refractivity contribution in [1.29, 1.82) is 0 Å². The Morgan fingerprint density at radius 3 is 2.61 bits per heavy atom. The van der Waals surface area contributed by atoms with Crippen LogP contribution < -0.4 is 16.0 Å². The Morgan fingerprint density at radius 1 is 1.19 bits per heavy atom. The van der Waals surface area contributed by atoms with Crippen molar-refractivity contribution in [2.45, 2.75) is 38.5 Å². The number of halogens is 4. The molecule has 1 aromatic carbocycles. The quantitative estimate of drug-likeness (QED) is 0.590. The lowest BCUT2D eigenvalue weighted by atomic mass is 10.0. The second-order valence-corrected chi connectivity index (χ2v) is 7.68. The van der Waals surface area contributed by atoms with Gasteiger partial charge in [0.25, 0.3) is 6.43 Å². The highest BCUT2D eigenvalue weighted by Gasteiger charge is 2.31. The first-order chi connectivity index (χ1) is 14.7. The fraction of sp³-hybridized carbons (Fsp3) is 0.381. The number of hydrogen-bond acceptors (Lipinski definition) is 6. The van der Waals surface area contributed by atoms with E-state index in [0.717, 1.165) is 6.07 Å². The third kappa shape index (κ3) is 4.12. The molecule has 6 nitrogen and oxygen atoms in total. The molecule has 0 aliphatic carbocycles. The lowest BCUT2D eigenvalue weighted by Crippen LogP contribution is -2.30. The summed E-state index contributed by atoms with van der Waals surface area (Å²) in [6, 6.07) is 4.40. The van der Waals surface area contributed by atoms with Gasteiger partial charge in [-0.1, -0.05) is 18.2 Å². The van der Waals surface area contributed by atoms with E-state index in [-0.39, 0.29) is 12.1 Å². The SMILES string of the molecule is Cc1nc(N[C@H](C)c2cccc(C(F)F)c2F)c2cc(N3C[C@H](N)[C@@H](F)C3)ncc2n1. The molecule has 0 spiro atoms. The highest BCUT2D eigenvalue weighted by molar-refractivity contribution is 5.90. The Labute approximate surface area is 176 Å². The second-order valence-electron chi connectivity index (χ2n) is 7.68. The molecule has 0 unspecified atom stereocenters. The summed E-state index contributed by atoms with van der Waals surface area (Å²) in [5.74, 6) is 0.443. The molecule has 0 radical (unpaired) electrons. The van der Waals surface area contributed by atoms with Crippen molar-refractivity contribution in [2.75, 3.05) is 23.3 Å². The summed E-state index contributed by atoms with van der Waals surface area (Å²) in [6.45, 7) is 3.83. The van der Waals surface area contributed by atoms with E-state index in [2.05, 4.69) is 20.3 Å². The van der Waals surface area contributed by atoms with Gasteiger partial charge >= 0.3 is 0 Å². The summed E-state index contributed by atoms with van der Waals surface area (Å²) < 4.78 is 54.6. The van der Waals surface area contributed by atoms with Crippen molar-refractivity contribution in [3.8, 4) is 0 Å². The molecule has 1 fully saturated rings. The van der Waals surface area contributed by atoms with Crippen LogP contribution in [0.1, 0.15) is 36.3 Å². The molecule has 3 atom stereocenters. The Hall–Kier alpha value is -3.01. The average molecular weight is 434 g/mol. The highest BCUT2D eigenvalue weighted by atomic mass is 19.3. The zero-order valence-electron chi connectivity index (χ0n) is 17.0. The smallest absolute Gasteiger partial charge is 0.266 e. The predicted octanol–water partition coefficient (Wildman–Crippen LogP) is 4.07. The van der Waals surface area contributed by atoms with Gasteiger partial charge in [-0.3, -0.25) is 0 Å². The monoisotopic (exact) mass is 434 g/mol. The highest BCUT2D eigenvalue weighted by Crippen LogP contribution is 2.31. The first-order valence-electron chi connectivity index (χ1n) is 9.86. The molecule has 4 rings (SSSR count). The van der Waals surface area contributed by atoms with Crippen LogP contribution in [0.2, 0.25) is 0 Å². The van der Waals surface area contributed by atoms with Crippen LogP contribution in [-0.2, 0) is 0 Å². The van der Waals surface area contributed by atoms with E-state index in [1.54, 1.807) is 31.0 Å². The van der Waals surface area contributed by atoms with Crippen LogP contribution in [-0.4, -0.2) is 40.3 Å². The van der Waals surface area contributed by atoms with Crippen LogP contribution in [0.15, 0.2) is 30.5 Å². The van der Waals surface area contributed by atoms with Crippen LogP contribution in [0.3, 0.4) is 0 Å². The van der Waals surface area contributed by atoms with Crippen molar-refractivity contribution >= 4 is 22.5 Å². The third-order valence-electron chi connectivity index (χ3n) is 5.41. The minimum absolute atomic E-state index is 0.0993. The number of rotatable bonds is 5. The van der Waals surface area contributed by atoms with Crippen molar-refractivity contribution in [3.05, 3.63) is 53.2 Å². The van der Waals surface area contributed by atoms with Crippen LogP contribution in [0, 0.1) is 12.7 Å². The van der Waals surface area contributed by atoms with Gasteiger partial charge in [0, 0.05) is 17.5 Å². The summed E-state index contributed by atoms with van der Waals surface area (Å²) in [6.07, 6.45) is -2.49. The van der Waals surface area contributed by atoms with E-state index in [4.69, 9.17) is 5.73 Å². The summed E-state index contributed by atoms with van der Waals surface area (Å²) in [7, 11) is 0. The molecular formula is C21H22F4N6. The maximum Gasteiger partial charge on any atom is 0.266 e. The fourth-order valence-corrected chi connectivity index (χ4v) is 3.75. The van der Waals surface area contributed by atoms with E-state index < -0.39 is 36.1 Å². The lowest BCUT2D eigenvalue weighted by Gasteiger charge is -2.20. The van der Waals surface area contributed by atoms with Gasteiger partial charge in [0.05, 0.1) is 35.9 Å². The molecule has 3 N–H and O–H groups in total. The summed E-state index contributed by atoms with van der Waals surface area (Å²) in [4.78, 5) is 14.9. The zero-order chi connectivity index (χ0) is 22.3. The number of hydrogen-bond donors (Lipinski definition) is 2. The second kappa shape index (κ2) is 8.26. The molecule has 1 aliphatic rings. The van der Waals surface area contributed by atoms with Gasteiger partial charge in [-0.15, -0.1) is 0 Å². The Morgan fingerprint density at radius 2 is 1.94 bits per heavy atom. The van der Waals surface area contributed by atoms with Crippen molar-refractivity contribution in [1.82, 2.24) is 15.0 Å². The van der Waals surface area contributed by atoms with Gasteiger partial charge in [-0.05, 0) is 19.9 Å². The van der Waals surface area contributed by atoms with Gasteiger partial charge in [0.2, 0.25) is 0 Å². The van der Waals surface area contributed by atoms with Gasteiger partial charge in [0.1, 0.15) is 29.4 Å². The number of pyridine rings is 1. The minimum atomic E-state index is -2.91. The lowest BCUT2D eigenvalue weighted by molar-refractivity contribution is 0.146. The number of anilines is 2. The van der Waals surface area contributed by atoms with E-state index in [1.165, 1.54) is 12.1 Å². The summed E-state index contributed by atoms with van der Waals surface area (Å²) in [5, 5.41) is 3.70. The van der Waals surface area contributed by atoms with Gasteiger partial charge < -0.3 is 16.0 Å². The Bertz CT molecular complexity index is 1100. The number of aromatic nitrogens is 3. The molecule has 3 aromatic rings. The van der Waals surface area contributed by atoms with Crippen molar-refractivity contribution in [2.24, 2.45) is 5.73 Å². The largest absolute Gasteiger partial charge is 0.363 e. The van der Waals surface area contributed by atoms with Gasteiger partial charge in [-0.2, -0.15) is 0 Å². The third-order valence-corrected chi connectivity index (χ3v) is 5.41. The van der Waals surface area contributed by atoms with Crippen LogP contribution in [0.4, 0.5) is 29.2 Å². The molecule has 0 amide bonds.